The van der Waals surface area contributed by atoms with E-state index in [1.165, 1.54) is 10.8 Å². The molecule has 0 bridgehead atoms. The van der Waals surface area contributed by atoms with Crippen LogP contribution in [0.2, 0.25) is 0 Å². The van der Waals surface area contributed by atoms with Gasteiger partial charge in [0.25, 0.3) is 0 Å². The van der Waals surface area contributed by atoms with Crippen LogP contribution in [0.1, 0.15) is 11.4 Å². The zero-order valence-electron chi connectivity index (χ0n) is 12.1. The molecule has 0 amide bonds. The minimum atomic E-state index is -0.437. The van der Waals surface area contributed by atoms with E-state index < -0.39 is 4.92 Å². The number of benzene rings is 1. The summed E-state index contributed by atoms with van der Waals surface area (Å²) in [5.41, 5.74) is 1.12. The van der Waals surface area contributed by atoms with Crippen LogP contribution in [-0.4, -0.2) is 28.1 Å². The molecule has 1 aromatic carbocycles. The van der Waals surface area contributed by atoms with E-state index in [0.29, 0.717) is 19.0 Å². The van der Waals surface area contributed by atoms with Crippen molar-refractivity contribution in [2.24, 2.45) is 0 Å². The molecule has 0 aliphatic carbocycles. The number of hydrogen-bond donors (Lipinski definition) is 1. The van der Waals surface area contributed by atoms with Gasteiger partial charge in [-0.05, 0) is 29.7 Å². The fraction of sp³-hybridized carbons (Fsp3) is 0.357. The lowest BCUT2D eigenvalue weighted by molar-refractivity contribution is -0.392. The molecule has 0 unspecified atom stereocenters. The van der Waals surface area contributed by atoms with Crippen LogP contribution in [0.15, 0.2) is 30.5 Å². The molecule has 112 valence electrons. The molecule has 7 nitrogen and oxygen atoms in total. The summed E-state index contributed by atoms with van der Waals surface area (Å²) in [7, 11) is 1.88. The average Bonchev–Trinajstić information content (AvgIpc) is 2.81. The third kappa shape index (κ3) is 3.79. The second-order valence-electron chi connectivity index (χ2n) is 4.60. The standard InChI is InChI=1S/C14H18N4O3/c1-11-16-10-14(18(19)20)17(11)6-7-21-13-5-3-4-12(8-13)9-15-2/h3-5,8,10,15H,6-7,9H2,1-2H3. The Hall–Kier alpha value is -2.41. The zero-order chi connectivity index (χ0) is 15.2. The number of nitrogens with one attached hydrogen (secondary N) is 1. The Morgan fingerprint density at radius 3 is 3.00 bits per heavy atom. The molecule has 0 fully saturated rings. The highest BCUT2D eigenvalue weighted by molar-refractivity contribution is 5.28. The minimum absolute atomic E-state index is 0.0139. The van der Waals surface area contributed by atoms with Crippen molar-refractivity contribution >= 4 is 5.82 Å². The fourth-order valence-corrected chi connectivity index (χ4v) is 2.08. The summed E-state index contributed by atoms with van der Waals surface area (Å²) in [6.45, 7) is 3.24. The van der Waals surface area contributed by atoms with Crippen LogP contribution in [0.25, 0.3) is 0 Å². The van der Waals surface area contributed by atoms with E-state index in [2.05, 4.69) is 10.3 Å². The van der Waals surface area contributed by atoms with Crippen molar-refractivity contribution in [2.45, 2.75) is 20.0 Å². The van der Waals surface area contributed by atoms with E-state index in [0.717, 1.165) is 17.9 Å². The Morgan fingerprint density at radius 1 is 1.48 bits per heavy atom. The van der Waals surface area contributed by atoms with Gasteiger partial charge in [0.1, 0.15) is 25.1 Å². The van der Waals surface area contributed by atoms with Gasteiger partial charge >= 0.3 is 5.82 Å². The fourth-order valence-electron chi connectivity index (χ4n) is 2.08. The Morgan fingerprint density at radius 2 is 2.29 bits per heavy atom. The summed E-state index contributed by atoms with van der Waals surface area (Å²) < 4.78 is 7.20. The first-order valence-electron chi connectivity index (χ1n) is 6.64. The molecule has 2 aromatic rings. The minimum Gasteiger partial charge on any atom is -0.489 e. The SMILES string of the molecule is CNCc1cccc(OCCn2c([N+](=O)[O-])cnc2C)c1. The van der Waals surface area contributed by atoms with Gasteiger partial charge in [-0.15, -0.1) is 0 Å². The predicted molar refractivity (Wildman–Crippen MR) is 78.3 cm³/mol. The van der Waals surface area contributed by atoms with Crippen molar-refractivity contribution in [1.29, 1.82) is 0 Å². The van der Waals surface area contributed by atoms with Crippen molar-refractivity contribution < 1.29 is 9.66 Å². The van der Waals surface area contributed by atoms with Gasteiger partial charge in [-0.25, -0.2) is 9.55 Å². The Balaban J connectivity index is 1.97. The molecule has 2 rings (SSSR count). The van der Waals surface area contributed by atoms with Gasteiger partial charge < -0.3 is 20.2 Å². The molecule has 7 heteroatoms. The van der Waals surface area contributed by atoms with E-state index >= 15 is 0 Å². The molecule has 0 spiro atoms. The quantitative estimate of drug-likeness (QED) is 0.622. The van der Waals surface area contributed by atoms with Crippen LogP contribution in [0.3, 0.4) is 0 Å². The smallest absolute Gasteiger partial charge is 0.342 e. The predicted octanol–water partition coefficient (Wildman–Crippen LogP) is 1.90. The molecule has 1 N–H and O–H groups in total. The largest absolute Gasteiger partial charge is 0.489 e. The summed E-state index contributed by atoms with van der Waals surface area (Å²) in [6.07, 6.45) is 1.27. The maximum atomic E-state index is 10.9. The number of aromatic nitrogens is 2. The molecule has 0 atom stereocenters. The van der Waals surface area contributed by atoms with Gasteiger partial charge in [-0.3, -0.25) is 0 Å². The Kier molecular flexibility index (Phi) is 4.89. The summed E-state index contributed by atoms with van der Waals surface area (Å²) >= 11 is 0. The van der Waals surface area contributed by atoms with Gasteiger partial charge in [0.15, 0.2) is 5.82 Å². The van der Waals surface area contributed by atoms with Gasteiger partial charge in [-0.1, -0.05) is 12.1 Å². The number of imidazole rings is 1. The second-order valence-corrected chi connectivity index (χ2v) is 4.60. The maximum Gasteiger partial charge on any atom is 0.342 e. The topological polar surface area (TPSA) is 82.2 Å². The second kappa shape index (κ2) is 6.85. The van der Waals surface area contributed by atoms with Gasteiger partial charge in [0.2, 0.25) is 0 Å². The first-order valence-corrected chi connectivity index (χ1v) is 6.64. The Labute approximate surface area is 122 Å². The molecule has 1 heterocycles. The summed E-state index contributed by atoms with van der Waals surface area (Å²) in [6, 6.07) is 7.75. The molecule has 0 aliphatic rings. The van der Waals surface area contributed by atoms with Gasteiger partial charge in [0.05, 0.1) is 0 Å². The monoisotopic (exact) mass is 290 g/mol. The first-order chi connectivity index (χ1) is 10.1. The van der Waals surface area contributed by atoms with Gasteiger partial charge in [0, 0.05) is 13.5 Å². The lowest BCUT2D eigenvalue weighted by Gasteiger charge is -2.08. The molecule has 0 saturated carbocycles. The van der Waals surface area contributed by atoms with Crippen LogP contribution >= 0.6 is 0 Å². The van der Waals surface area contributed by atoms with Crippen LogP contribution in [0.4, 0.5) is 5.82 Å². The molecular weight excluding hydrogens is 272 g/mol. The first kappa shape index (κ1) is 15.0. The lowest BCUT2D eigenvalue weighted by Crippen LogP contribution is -2.12. The lowest BCUT2D eigenvalue weighted by atomic mass is 10.2. The summed E-state index contributed by atoms with van der Waals surface area (Å²) in [4.78, 5) is 14.4. The molecule has 21 heavy (non-hydrogen) atoms. The highest BCUT2D eigenvalue weighted by Crippen LogP contribution is 2.15. The molecular formula is C14H18N4O3. The zero-order valence-corrected chi connectivity index (χ0v) is 12.1. The van der Waals surface area contributed by atoms with Crippen molar-refractivity contribution in [2.75, 3.05) is 13.7 Å². The maximum absolute atomic E-state index is 10.9. The van der Waals surface area contributed by atoms with E-state index in [4.69, 9.17) is 4.74 Å². The van der Waals surface area contributed by atoms with Gasteiger partial charge in [-0.2, -0.15) is 0 Å². The number of rotatable bonds is 7. The van der Waals surface area contributed by atoms with Crippen molar-refractivity contribution in [3.8, 4) is 5.75 Å². The highest BCUT2D eigenvalue weighted by Gasteiger charge is 2.16. The summed E-state index contributed by atoms with van der Waals surface area (Å²) in [5.74, 6) is 1.34. The molecule has 1 aromatic heterocycles. The van der Waals surface area contributed by atoms with E-state index in [-0.39, 0.29) is 5.82 Å². The summed E-state index contributed by atoms with van der Waals surface area (Å²) in [5, 5.41) is 14.0. The van der Waals surface area contributed by atoms with Crippen LogP contribution in [0, 0.1) is 17.0 Å². The number of nitrogens with zero attached hydrogens (tertiary/aromatic N) is 3. The molecule has 0 saturated heterocycles. The number of hydrogen-bond acceptors (Lipinski definition) is 5. The number of nitro groups is 1. The van der Waals surface area contributed by atoms with E-state index in [1.54, 1.807) is 6.92 Å². The van der Waals surface area contributed by atoms with E-state index in [9.17, 15) is 10.1 Å². The van der Waals surface area contributed by atoms with E-state index in [1.807, 2.05) is 31.3 Å². The number of ether oxygens (including phenoxy) is 1. The molecule has 0 aliphatic heterocycles. The van der Waals surface area contributed by atoms with Crippen LogP contribution in [-0.2, 0) is 13.1 Å². The average molecular weight is 290 g/mol. The van der Waals surface area contributed by atoms with Crippen LogP contribution in [0.5, 0.6) is 5.75 Å². The van der Waals surface area contributed by atoms with Crippen molar-refractivity contribution in [3.63, 3.8) is 0 Å². The highest BCUT2D eigenvalue weighted by atomic mass is 16.6. The van der Waals surface area contributed by atoms with Crippen molar-refractivity contribution in [1.82, 2.24) is 14.9 Å². The third-order valence-corrected chi connectivity index (χ3v) is 3.08. The third-order valence-electron chi connectivity index (χ3n) is 3.08. The molecule has 0 radical (unpaired) electrons. The van der Waals surface area contributed by atoms with Crippen LogP contribution < -0.4 is 10.1 Å². The Bertz CT molecular complexity index is 624. The normalized spacial score (nSPS) is 10.6. The number of aryl methyl sites for hydroxylation is 1. The van der Waals surface area contributed by atoms with Crippen molar-refractivity contribution in [3.05, 3.63) is 52.0 Å².